The quantitative estimate of drug-likeness (QED) is 0.319. The van der Waals surface area contributed by atoms with Crippen LogP contribution in [0.5, 0.6) is 0 Å². The van der Waals surface area contributed by atoms with Crippen LogP contribution in [0.15, 0.2) is 46.8 Å². The molecule has 1 aromatic carbocycles. The summed E-state index contributed by atoms with van der Waals surface area (Å²) in [7, 11) is 0. The lowest BCUT2D eigenvalue weighted by molar-refractivity contribution is -0.385. The third-order valence-corrected chi connectivity index (χ3v) is 5.64. The van der Waals surface area contributed by atoms with Gasteiger partial charge in [-0.05, 0) is 25.2 Å². The molecule has 7 nitrogen and oxygen atoms in total. The fourth-order valence-corrected chi connectivity index (χ4v) is 4.30. The Morgan fingerprint density at radius 1 is 1.30 bits per heavy atom. The molecule has 0 fully saturated rings. The maximum atomic E-state index is 13.2. The number of Topliss-reactive ketones (excluding diaryl/α,β-unsaturated/α-hetero) is 1. The zero-order chi connectivity index (χ0) is 22.1. The van der Waals surface area contributed by atoms with Gasteiger partial charge in [-0.3, -0.25) is 14.9 Å². The largest absolute Gasteiger partial charge is 0.462 e. The molecule has 1 aliphatic carbocycles. The molecule has 1 unspecified atom stereocenters. The maximum Gasteiger partial charge on any atom is 0.336 e. The molecule has 160 valence electrons. The molecule has 0 amide bonds. The molecule has 0 aromatic heterocycles. The molecule has 1 aliphatic heterocycles. The number of allylic oxidation sites excluding steroid dienone is 3. The van der Waals surface area contributed by atoms with Gasteiger partial charge in [0.2, 0.25) is 0 Å². The van der Waals surface area contributed by atoms with Gasteiger partial charge in [0, 0.05) is 35.0 Å². The van der Waals surface area contributed by atoms with E-state index < -0.39 is 16.8 Å². The van der Waals surface area contributed by atoms with Crippen molar-refractivity contribution in [3.05, 3.63) is 62.5 Å². The average molecular weight is 412 g/mol. The Bertz CT molecular complexity index is 958. The first kappa shape index (κ1) is 21.7. The average Bonchev–Trinajstić information content (AvgIpc) is 2.65. The van der Waals surface area contributed by atoms with E-state index in [1.807, 2.05) is 20.8 Å². The van der Waals surface area contributed by atoms with Crippen molar-refractivity contribution in [1.82, 2.24) is 5.32 Å². The van der Waals surface area contributed by atoms with Crippen LogP contribution in [0.2, 0.25) is 0 Å². The van der Waals surface area contributed by atoms with E-state index in [0.29, 0.717) is 29.7 Å². The number of unbranched alkanes of at least 4 members (excludes halogenated alkanes) is 1. The van der Waals surface area contributed by atoms with E-state index in [0.717, 1.165) is 18.5 Å². The van der Waals surface area contributed by atoms with Gasteiger partial charge in [-0.2, -0.15) is 0 Å². The van der Waals surface area contributed by atoms with E-state index in [9.17, 15) is 19.7 Å². The molecule has 1 atom stereocenters. The van der Waals surface area contributed by atoms with E-state index in [1.54, 1.807) is 25.1 Å². The molecule has 1 heterocycles. The highest BCUT2D eigenvalue weighted by molar-refractivity contribution is 6.04. The third-order valence-electron chi connectivity index (χ3n) is 5.64. The van der Waals surface area contributed by atoms with E-state index >= 15 is 0 Å². The smallest absolute Gasteiger partial charge is 0.336 e. The minimum Gasteiger partial charge on any atom is -0.462 e. The molecule has 7 heteroatoms. The molecular weight excluding hydrogens is 384 g/mol. The molecule has 0 spiro atoms. The van der Waals surface area contributed by atoms with Crippen LogP contribution in [0.4, 0.5) is 5.69 Å². The van der Waals surface area contributed by atoms with Crippen molar-refractivity contribution in [3.8, 4) is 0 Å². The summed E-state index contributed by atoms with van der Waals surface area (Å²) >= 11 is 0. The maximum absolute atomic E-state index is 13.2. The Kier molecular flexibility index (Phi) is 6.10. The number of rotatable bonds is 6. The number of ketones is 1. The van der Waals surface area contributed by atoms with Crippen LogP contribution in [-0.4, -0.2) is 23.3 Å². The molecule has 2 aliphatic rings. The lowest BCUT2D eigenvalue weighted by Gasteiger charge is -2.39. The van der Waals surface area contributed by atoms with Gasteiger partial charge in [0.25, 0.3) is 5.69 Å². The van der Waals surface area contributed by atoms with Gasteiger partial charge in [0.15, 0.2) is 5.78 Å². The molecule has 30 heavy (non-hydrogen) atoms. The number of para-hydroxylation sites is 1. The number of hydrogen-bond acceptors (Lipinski definition) is 6. The summed E-state index contributed by atoms with van der Waals surface area (Å²) in [4.78, 5) is 37.5. The SMILES string of the molecule is CCCCOC(=O)C1=C(C)NC2=C(C(=O)CC(C)(C)C2)C1c1ccccc1[N+](=O)[O-]. The number of nitro benzene ring substituents is 1. The van der Waals surface area contributed by atoms with Gasteiger partial charge in [-0.1, -0.05) is 45.4 Å². The Hall–Kier alpha value is -2.96. The second-order valence-corrected chi connectivity index (χ2v) is 8.74. The number of carbonyl (C=O) groups excluding carboxylic acids is 2. The molecule has 1 aromatic rings. The summed E-state index contributed by atoms with van der Waals surface area (Å²) in [5, 5.41) is 15.0. The zero-order valence-electron chi connectivity index (χ0n) is 17.9. The number of nitrogens with one attached hydrogen (secondary N) is 1. The van der Waals surface area contributed by atoms with Gasteiger partial charge in [-0.15, -0.1) is 0 Å². The highest BCUT2D eigenvalue weighted by Crippen LogP contribution is 2.48. The molecular formula is C23H28N2O5. The van der Waals surface area contributed by atoms with E-state index in [-0.39, 0.29) is 29.1 Å². The van der Waals surface area contributed by atoms with Gasteiger partial charge >= 0.3 is 5.97 Å². The van der Waals surface area contributed by atoms with Gasteiger partial charge in [0.1, 0.15) is 0 Å². The summed E-state index contributed by atoms with van der Waals surface area (Å²) in [5.74, 6) is -1.45. The van der Waals surface area contributed by atoms with Gasteiger partial charge in [0.05, 0.1) is 23.0 Å². The predicted molar refractivity (Wildman–Crippen MR) is 113 cm³/mol. The second kappa shape index (κ2) is 8.42. The van der Waals surface area contributed by atoms with Crippen molar-refractivity contribution in [2.75, 3.05) is 6.61 Å². The van der Waals surface area contributed by atoms with Crippen molar-refractivity contribution >= 4 is 17.4 Å². The standard InChI is InChI=1S/C23H28N2O5/c1-5-6-11-30-22(27)19-14(2)24-16-12-23(3,4)13-18(26)21(16)20(19)15-9-7-8-10-17(15)25(28)29/h7-10,20,24H,5-6,11-13H2,1-4H3. The minimum absolute atomic E-state index is 0.0942. The van der Waals surface area contributed by atoms with Crippen LogP contribution >= 0.6 is 0 Å². The fraction of sp³-hybridized carbons (Fsp3) is 0.478. The number of nitro groups is 1. The van der Waals surface area contributed by atoms with Gasteiger partial charge < -0.3 is 10.1 Å². The molecule has 1 N–H and O–H groups in total. The first-order valence-electron chi connectivity index (χ1n) is 10.3. The van der Waals surface area contributed by atoms with Crippen LogP contribution in [-0.2, 0) is 14.3 Å². The number of ether oxygens (including phenoxy) is 1. The highest BCUT2D eigenvalue weighted by atomic mass is 16.6. The predicted octanol–water partition coefficient (Wildman–Crippen LogP) is 4.54. The summed E-state index contributed by atoms with van der Waals surface area (Å²) < 4.78 is 5.46. The summed E-state index contributed by atoms with van der Waals surface area (Å²) in [6, 6.07) is 6.30. The molecule has 0 saturated carbocycles. The fourth-order valence-electron chi connectivity index (χ4n) is 4.30. The number of esters is 1. The van der Waals surface area contributed by atoms with Crippen LogP contribution in [0.3, 0.4) is 0 Å². The van der Waals surface area contributed by atoms with Crippen LogP contribution in [0, 0.1) is 15.5 Å². The first-order chi connectivity index (χ1) is 14.2. The minimum atomic E-state index is -0.819. The van der Waals surface area contributed by atoms with E-state index in [2.05, 4.69) is 5.32 Å². The Balaban J connectivity index is 2.17. The lowest BCUT2D eigenvalue weighted by Crippen LogP contribution is -2.38. The number of nitrogens with zero attached hydrogens (tertiary/aromatic N) is 1. The van der Waals surface area contributed by atoms with E-state index in [4.69, 9.17) is 4.74 Å². The summed E-state index contributed by atoms with van der Waals surface area (Å²) in [5.41, 5.74) is 2.02. The van der Waals surface area contributed by atoms with Crippen LogP contribution in [0.1, 0.15) is 64.9 Å². The molecule has 0 radical (unpaired) electrons. The molecule has 3 rings (SSSR count). The van der Waals surface area contributed by atoms with Crippen molar-refractivity contribution in [2.45, 2.75) is 59.3 Å². The van der Waals surface area contributed by atoms with Crippen LogP contribution in [0.25, 0.3) is 0 Å². The van der Waals surface area contributed by atoms with Crippen molar-refractivity contribution in [3.63, 3.8) is 0 Å². The zero-order valence-corrected chi connectivity index (χ0v) is 17.9. The Labute approximate surface area is 176 Å². The van der Waals surface area contributed by atoms with Gasteiger partial charge in [-0.25, -0.2) is 4.79 Å². The monoisotopic (exact) mass is 412 g/mol. The second-order valence-electron chi connectivity index (χ2n) is 8.74. The van der Waals surface area contributed by atoms with Crippen molar-refractivity contribution < 1.29 is 19.2 Å². The van der Waals surface area contributed by atoms with Crippen molar-refractivity contribution in [2.24, 2.45) is 5.41 Å². The van der Waals surface area contributed by atoms with Crippen molar-refractivity contribution in [1.29, 1.82) is 0 Å². The normalized spacial score (nSPS) is 20.5. The first-order valence-corrected chi connectivity index (χ1v) is 10.3. The Morgan fingerprint density at radius 2 is 2.00 bits per heavy atom. The summed E-state index contributed by atoms with van der Waals surface area (Å²) in [6.45, 7) is 8.06. The molecule has 0 saturated heterocycles. The number of carbonyl (C=O) groups is 2. The highest BCUT2D eigenvalue weighted by Gasteiger charge is 2.44. The number of hydrogen-bond donors (Lipinski definition) is 1. The van der Waals surface area contributed by atoms with E-state index in [1.165, 1.54) is 6.07 Å². The summed E-state index contributed by atoms with van der Waals surface area (Å²) in [6.07, 6.45) is 2.55. The number of dihydropyridines is 1. The Morgan fingerprint density at radius 3 is 2.67 bits per heavy atom. The molecule has 0 bridgehead atoms. The third kappa shape index (κ3) is 4.15. The number of benzene rings is 1. The topological polar surface area (TPSA) is 98.5 Å². The lowest BCUT2D eigenvalue weighted by atomic mass is 9.68. The van der Waals surface area contributed by atoms with Crippen LogP contribution < -0.4 is 5.32 Å².